The summed E-state index contributed by atoms with van der Waals surface area (Å²) in [5.74, 6) is -0.951. The Morgan fingerprint density at radius 1 is 1.22 bits per heavy atom. The van der Waals surface area contributed by atoms with E-state index in [9.17, 15) is 8.78 Å². The first-order valence-electron chi connectivity index (χ1n) is 6.05. The molecule has 0 bridgehead atoms. The highest BCUT2D eigenvalue weighted by Gasteiger charge is 2.18. The smallest absolute Gasteiger partial charge is 0.168 e. The van der Waals surface area contributed by atoms with E-state index >= 15 is 0 Å². The van der Waals surface area contributed by atoms with Crippen molar-refractivity contribution in [2.45, 2.75) is 6.42 Å². The molecule has 1 aliphatic heterocycles. The van der Waals surface area contributed by atoms with E-state index in [0.29, 0.717) is 0 Å². The van der Waals surface area contributed by atoms with Gasteiger partial charge < -0.3 is 9.80 Å². The molecule has 1 saturated heterocycles. The third kappa shape index (κ3) is 3.38. The summed E-state index contributed by atoms with van der Waals surface area (Å²) in [7, 11) is 0. The SMILES string of the molecule is Fc1cnc(N2CCCN(CCBr)CC2)c(F)c1. The van der Waals surface area contributed by atoms with Crippen LogP contribution in [0.4, 0.5) is 14.6 Å². The molecule has 100 valence electrons. The summed E-state index contributed by atoms with van der Waals surface area (Å²) in [5.41, 5.74) is 0. The molecular formula is C12H16BrF2N3. The maximum atomic E-state index is 13.6. The molecule has 6 heteroatoms. The monoisotopic (exact) mass is 319 g/mol. The van der Waals surface area contributed by atoms with Crippen LogP contribution in [0.2, 0.25) is 0 Å². The van der Waals surface area contributed by atoms with E-state index in [4.69, 9.17) is 0 Å². The molecule has 2 rings (SSSR count). The second-order valence-corrected chi connectivity index (χ2v) is 5.12. The van der Waals surface area contributed by atoms with Gasteiger partial charge in [-0.1, -0.05) is 15.9 Å². The predicted molar refractivity (Wildman–Crippen MR) is 71.2 cm³/mol. The van der Waals surface area contributed by atoms with Gasteiger partial charge in [-0.25, -0.2) is 13.8 Å². The van der Waals surface area contributed by atoms with Gasteiger partial charge in [-0.3, -0.25) is 0 Å². The van der Waals surface area contributed by atoms with Gasteiger partial charge in [-0.05, 0) is 13.0 Å². The number of aromatic nitrogens is 1. The Hall–Kier alpha value is -0.750. The molecule has 1 aromatic rings. The molecule has 0 unspecified atom stereocenters. The Morgan fingerprint density at radius 2 is 2.06 bits per heavy atom. The molecular weight excluding hydrogens is 304 g/mol. The molecule has 1 aromatic heterocycles. The second-order valence-electron chi connectivity index (χ2n) is 4.33. The highest BCUT2D eigenvalue weighted by molar-refractivity contribution is 9.09. The van der Waals surface area contributed by atoms with Crippen LogP contribution in [0, 0.1) is 11.6 Å². The maximum Gasteiger partial charge on any atom is 0.168 e. The standard InChI is InChI=1S/C12H16BrF2N3/c13-2-5-17-3-1-4-18(7-6-17)12-11(15)8-10(14)9-16-12/h8-9H,1-7H2. The van der Waals surface area contributed by atoms with Crippen molar-refractivity contribution >= 4 is 21.7 Å². The van der Waals surface area contributed by atoms with E-state index in [0.717, 1.165) is 56.7 Å². The number of anilines is 1. The molecule has 0 atom stereocenters. The van der Waals surface area contributed by atoms with Gasteiger partial charge in [0.15, 0.2) is 11.6 Å². The van der Waals surface area contributed by atoms with E-state index in [-0.39, 0.29) is 5.82 Å². The molecule has 0 saturated carbocycles. The van der Waals surface area contributed by atoms with Crippen molar-refractivity contribution in [3.8, 4) is 0 Å². The molecule has 3 nitrogen and oxygen atoms in total. The van der Waals surface area contributed by atoms with Gasteiger partial charge in [0.25, 0.3) is 0 Å². The summed E-state index contributed by atoms with van der Waals surface area (Å²) in [4.78, 5) is 8.08. The van der Waals surface area contributed by atoms with Crippen molar-refractivity contribution in [3.05, 3.63) is 23.9 Å². The maximum absolute atomic E-state index is 13.6. The average molecular weight is 320 g/mol. The Labute approximate surface area is 114 Å². The molecule has 2 heterocycles. The lowest BCUT2D eigenvalue weighted by Crippen LogP contribution is -2.32. The van der Waals surface area contributed by atoms with Crippen LogP contribution in [0.5, 0.6) is 0 Å². The zero-order valence-electron chi connectivity index (χ0n) is 10.1. The van der Waals surface area contributed by atoms with Gasteiger partial charge >= 0.3 is 0 Å². The van der Waals surface area contributed by atoms with Gasteiger partial charge in [0.05, 0.1) is 6.20 Å². The zero-order chi connectivity index (χ0) is 13.0. The Balaban J connectivity index is 2.05. The van der Waals surface area contributed by atoms with Crippen molar-refractivity contribution in [1.29, 1.82) is 0 Å². The van der Waals surface area contributed by atoms with Crippen molar-refractivity contribution in [2.24, 2.45) is 0 Å². The minimum Gasteiger partial charge on any atom is -0.353 e. The van der Waals surface area contributed by atoms with Crippen LogP contribution in [0.25, 0.3) is 0 Å². The van der Waals surface area contributed by atoms with Gasteiger partial charge in [-0.2, -0.15) is 0 Å². The molecule has 0 spiro atoms. The van der Waals surface area contributed by atoms with Crippen molar-refractivity contribution in [1.82, 2.24) is 9.88 Å². The normalized spacial score (nSPS) is 17.8. The quantitative estimate of drug-likeness (QED) is 0.797. The molecule has 1 fully saturated rings. The van der Waals surface area contributed by atoms with Crippen molar-refractivity contribution < 1.29 is 8.78 Å². The predicted octanol–water partition coefficient (Wildman–Crippen LogP) is 2.27. The first-order valence-corrected chi connectivity index (χ1v) is 7.17. The minimum absolute atomic E-state index is 0.261. The second kappa shape index (κ2) is 6.43. The summed E-state index contributed by atoms with van der Waals surface area (Å²) >= 11 is 3.42. The fourth-order valence-corrected chi connectivity index (χ4v) is 2.67. The highest BCUT2D eigenvalue weighted by atomic mass is 79.9. The lowest BCUT2D eigenvalue weighted by Gasteiger charge is -2.22. The van der Waals surface area contributed by atoms with E-state index in [1.165, 1.54) is 0 Å². The number of rotatable bonds is 3. The van der Waals surface area contributed by atoms with E-state index < -0.39 is 11.6 Å². The van der Waals surface area contributed by atoms with Crippen molar-refractivity contribution in [3.63, 3.8) is 0 Å². The summed E-state index contributed by atoms with van der Waals surface area (Å²) in [6.07, 6.45) is 2.03. The number of alkyl halides is 1. The minimum atomic E-state index is -0.632. The van der Waals surface area contributed by atoms with Crippen LogP contribution in [-0.2, 0) is 0 Å². The Kier molecular flexibility index (Phi) is 4.88. The third-order valence-corrected chi connectivity index (χ3v) is 3.43. The summed E-state index contributed by atoms with van der Waals surface area (Å²) < 4.78 is 26.5. The van der Waals surface area contributed by atoms with Gasteiger partial charge in [0.1, 0.15) is 5.82 Å². The number of nitrogens with zero attached hydrogens (tertiary/aromatic N) is 3. The molecule has 0 amide bonds. The van der Waals surface area contributed by atoms with Gasteiger partial charge in [0.2, 0.25) is 0 Å². The zero-order valence-corrected chi connectivity index (χ0v) is 11.7. The fraction of sp³-hybridized carbons (Fsp3) is 0.583. The van der Waals surface area contributed by atoms with Crippen LogP contribution < -0.4 is 4.90 Å². The van der Waals surface area contributed by atoms with Crippen LogP contribution in [0.3, 0.4) is 0 Å². The van der Waals surface area contributed by atoms with Crippen LogP contribution in [-0.4, -0.2) is 47.9 Å². The van der Waals surface area contributed by atoms with Gasteiger partial charge in [0, 0.05) is 37.6 Å². The lowest BCUT2D eigenvalue weighted by atomic mass is 10.3. The summed E-state index contributed by atoms with van der Waals surface area (Å²) in [6.45, 7) is 4.36. The van der Waals surface area contributed by atoms with Crippen LogP contribution in [0.1, 0.15) is 6.42 Å². The summed E-state index contributed by atoms with van der Waals surface area (Å²) in [6, 6.07) is 0.892. The number of halogens is 3. The fourth-order valence-electron chi connectivity index (χ4n) is 2.17. The molecule has 1 aliphatic rings. The third-order valence-electron chi connectivity index (χ3n) is 3.08. The number of pyridine rings is 1. The highest BCUT2D eigenvalue weighted by Crippen LogP contribution is 2.18. The van der Waals surface area contributed by atoms with Crippen LogP contribution in [0.15, 0.2) is 12.3 Å². The largest absolute Gasteiger partial charge is 0.353 e. The number of hydrogen-bond acceptors (Lipinski definition) is 3. The Bertz CT molecular complexity index is 403. The van der Waals surface area contributed by atoms with E-state index in [1.807, 2.05) is 4.90 Å². The van der Waals surface area contributed by atoms with E-state index in [2.05, 4.69) is 25.8 Å². The first kappa shape index (κ1) is 13.7. The first-order chi connectivity index (χ1) is 8.70. The summed E-state index contributed by atoms with van der Waals surface area (Å²) in [5, 5.41) is 0.941. The molecule has 18 heavy (non-hydrogen) atoms. The Morgan fingerprint density at radius 3 is 2.78 bits per heavy atom. The molecule has 0 N–H and O–H groups in total. The molecule has 0 aliphatic carbocycles. The molecule has 0 radical (unpaired) electrons. The van der Waals surface area contributed by atoms with E-state index in [1.54, 1.807) is 0 Å². The molecule has 0 aromatic carbocycles. The topological polar surface area (TPSA) is 19.4 Å². The lowest BCUT2D eigenvalue weighted by molar-refractivity contribution is 0.313. The number of hydrogen-bond donors (Lipinski definition) is 0. The average Bonchev–Trinajstić information content (AvgIpc) is 2.55. The van der Waals surface area contributed by atoms with Crippen LogP contribution >= 0.6 is 15.9 Å². The van der Waals surface area contributed by atoms with Crippen molar-refractivity contribution in [2.75, 3.05) is 43.0 Å². The van der Waals surface area contributed by atoms with Gasteiger partial charge in [-0.15, -0.1) is 0 Å².